The van der Waals surface area contributed by atoms with Crippen molar-refractivity contribution in [2.24, 2.45) is 5.92 Å². The Labute approximate surface area is 103 Å². The van der Waals surface area contributed by atoms with Crippen molar-refractivity contribution in [2.75, 3.05) is 20.2 Å². The first-order valence-electron chi connectivity index (χ1n) is 6.70. The molecule has 4 heteroatoms. The lowest BCUT2D eigenvalue weighted by Crippen LogP contribution is -2.47. The molecule has 2 rings (SSSR count). The molecule has 2 aliphatic rings. The second kappa shape index (κ2) is 5.36. The fraction of sp³-hybridized carbons (Fsp3) is 0.923. The van der Waals surface area contributed by atoms with Crippen LogP contribution in [0.3, 0.4) is 0 Å². The lowest BCUT2D eigenvalue weighted by atomic mass is 9.77. The Hall–Kier alpha value is -0.610. The average Bonchev–Trinajstić information content (AvgIpc) is 2.76. The van der Waals surface area contributed by atoms with Crippen molar-refractivity contribution in [1.29, 1.82) is 0 Å². The number of amides is 1. The van der Waals surface area contributed by atoms with Gasteiger partial charge in [0, 0.05) is 13.2 Å². The van der Waals surface area contributed by atoms with Gasteiger partial charge in [-0.25, -0.2) is 0 Å². The van der Waals surface area contributed by atoms with E-state index in [1.54, 1.807) is 7.11 Å². The summed E-state index contributed by atoms with van der Waals surface area (Å²) < 4.78 is 5.48. The SMILES string of the molecule is COC1(CC(=O)NC(C)C2CCNC2)CCC1. The van der Waals surface area contributed by atoms with Crippen LogP contribution in [-0.4, -0.2) is 37.7 Å². The highest BCUT2D eigenvalue weighted by Crippen LogP contribution is 2.37. The van der Waals surface area contributed by atoms with Gasteiger partial charge in [0.25, 0.3) is 0 Å². The van der Waals surface area contributed by atoms with E-state index in [1.165, 1.54) is 6.42 Å². The zero-order valence-corrected chi connectivity index (χ0v) is 10.9. The van der Waals surface area contributed by atoms with E-state index in [-0.39, 0.29) is 17.6 Å². The van der Waals surface area contributed by atoms with Crippen molar-refractivity contribution >= 4 is 5.91 Å². The molecule has 4 nitrogen and oxygen atoms in total. The van der Waals surface area contributed by atoms with Gasteiger partial charge in [-0.15, -0.1) is 0 Å². The lowest BCUT2D eigenvalue weighted by molar-refractivity contribution is -0.135. The molecule has 0 bridgehead atoms. The van der Waals surface area contributed by atoms with E-state index in [0.717, 1.165) is 32.4 Å². The summed E-state index contributed by atoms with van der Waals surface area (Å²) in [6.45, 7) is 4.21. The maximum atomic E-state index is 12.0. The van der Waals surface area contributed by atoms with Crippen LogP contribution >= 0.6 is 0 Å². The van der Waals surface area contributed by atoms with Crippen LogP contribution in [0.4, 0.5) is 0 Å². The molecule has 0 aromatic rings. The van der Waals surface area contributed by atoms with Gasteiger partial charge in [0.1, 0.15) is 0 Å². The molecule has 1 aliphatic carbocycles. The second-order valence-electron chi connectivity index (χ2n) is 5.53. The molecule has 2 unspecified atom stereocenters. The van der Waals surface area contributed by atoms with E-state index in [2.05, 4.69) is 17.6 Å². The summed E-state index contributed by atoms with van der Waals surface area (Å²) in [5.74, 6) is 0.727. The first-order valence-corrected chi connectivity index (χ1v) is 6.70. The number of carbonyl (C=O) groups excluding carboxylic acids is 1. The fourth-order valence-electron chi connectivity index (χ4n) is 2.84. The zero-order chi connectivity index (χ0) is 12.3. The number of hydrogen-bond acceptors (Lipinski definition) is 3. The number of methoxy groups -OCH3 is 1. The Bertz CT molecular complexity index is 265. The molecule has 0 aromatic carbocycles. The van der Waals surface area contributed by atoms with E-state index in [0.29, 0.717) is 12.3 Å². The highest BCUT2D eigenvalue weighted by molar-refractivity contribution is 5.77. The molecule has 0 aromatic heterocycles. The molecular weight excluding hydrogens is 216 g/mol. The van der Waals surface area contributed by atoms with Crippen LogP contribution in [0.2, 0.25) is 0 Å². The van der Waals surface area contributed by atoms with Crippen LogP contribution in [0.1, 0.15) is 39.0 Å². The van der Waals surface area contributed by atoms with Gasteiger partial charge in [0.05, 0.1) is 12.0 Å². The maximum absolute atomic E-state index is 12.0. The minimum atomic E-state index is -0.155. The predicted octanol–water partition coefficient (Wildman–Crippen LogP) is 1.06. The monoisotopic (exact) mass is 240 g/mol. The van der Waals surface area contributed by atoms with Crippen molar-refractivity contribution in [3.8, 4) is 0 Å². The van der Waals surface area contributed by atoms with Gasteiger partial charge in [-0.05, 0) is 51.6 Å². The number of carbonyl (C=O) groups is 1. The third-order valence-electron chi connectivity index (χ3n) is 4.37. The first-order chi connectivity index (χ1) is 8.15. The average molecular weight is 240 g/mol. The van der Waals surface area contributed by atoms with Crippen molar-refractivity contribution in [2.45, 2.75) is 50.7 Å². The molecule has 1 amide bonds. The van der Waals surface area contributed by atoms with Gasteiger partial charge in [-0.3, -0.25) is 4.79 Å². The number of ether oxygens (including phenoxy) is 1. The van der Waals surface area contributed by atoms with Crippen molar-refractivity contribution in [1.82, 2.24) is 10.6 Å². The Balaban J connectivity index is 1.76. The Kier molecular flexibility index (Phi) is 4.05. The molecule has 1 heterocycles. The molecule has 17 heavy (non-hydrogen) atoms. The van der Waals surface area contributed by atoms with Crippen LogP contribution in [0.5, 0.6) is 0 Å². The smallest absolute Gasteiger partial charge is 0.223 e. The van der Waals surface area contributed by atoms with Gasteiger partial charge < -0.3 is 15.4 Å². The molecular formula is C13H24N2O2. The summed E-state index contributed by atoms with van der Waals surface area (Å²) in [5.41, 5.74) is -0.155. The predicted molar refractivity (Wildman–Crippen MR) is 66.8 cm³/mol. The standard InChI is InChI=1S/C13H24N2O2/c1-10(11-4-7-14-9-11)15-12(16)8-13(17-2)5-3-6-13/h10-11,14H,3-9H2,1-2H3,(H,15,16). The number of rotatable bonds is 5. The van der Waals surface area contributed by atoms with Gasteiger partial charge in [-0.1, -0.05) is 0 Å². The summed E-state index contributed by atoms with van der Waals surface area (Å²) >= 11 is 0. The molecule has 0 radical (unpaired) electrons. The fourth-order valence-corrected chi connectivity index (χ4v) is 2.84. The number of nitrogens with one attached hydrogen (secondary N) is 2. The van der Waals surface area contributed by atoms with Crippen molar-refractivity contribution in [3.63, 3.8) is 0 Å². The van der Waals surface area contributed by atoms with Crippen LogP contribution in [-0.2, 0) is 9.53 Å². The van der Waals surface area contributed by atoms with E-state index in [4.69, 9.17) is 4.74 Å². The van der Waals surface area contributed by atoms with Crippen molar-refractivity contribution < 1.29 is 9.53 Å². The molecule has 2 fully saturated rings. The summed E-state index contributed by atoms with van der Waals surface area (Å²) in [6.07, 6.45) is 4.92. The largest absolute Gasteiger partial charge is 0.378 e. The molecule has 98 valence electrons. The van der Waals surface area contributed by atoms with Crippen LogP contribution < -0.4 is 10.6 Å². The summed E-state index contributed by atoms with van der Waals surface area (Å²) in [5, 5.41) is 6.45. The van der Waals surface area contributed by atoms with E-state index in [9.17, 15) is 4.79 Å². The van der Waals surface area contributed by atoms with E-state index in [1.807, 2.05) is 0 Å². The third kappa shape index (κ3) is 2.99. The normalized spacial score (nSPS) is 28.5. The highest BCUT2D eigenvalue weighted by Gasteiger charge is 2.39. The minimum absolute atomic E-state index is 0.144. The van der Waals surface area contributed by atoms with E-state index >= 15 is 0 Å². The van der Waals surface area contributed by atoms with Gasteiger partial charge in [-0.2, -0.15) is 0 Å². The van der Waals surface area contributed by atoms with E-state index < -0.39 is 0 Å². The Morgan fingerprint density at radius 1 is 1.59 bits per heavy atom. The summed E-state index contributed by atoms with van der Waals surface area (Å²) in [7, 11) is 1.72. The molecule has 1 saturated carbocycles. The maximum Gasteiger partial charge on any atom is 0.223 e. The van der Waals surface area contributed by atoms with Gasteiger partial charge in [0.2, 0.25) is 5.91 Å². The minimum Gasteiger partial charge on any atom is -0.378 e. The summed E-state index contributed by atoms with van der Waals surface area (Å²) in [4.78, 5) is 12.0. The topological polar surface area (TPSA) is 50.4 Å². The number of hydrogen-bond donors (Lipinski definition) is 2. The van der Waals surface area contributed by atoms with Gasteiger partial charge in [0.15, 0.2) is 0 Å². The lowest BCUT2D eigenvalue weighted by Gasteiger charge is -2.40. The third-order valence-corrected chi connectivity index (χ3v) is 4.37. The molecule has 2 atom stereocenters. The molecule has 1 aliphatic heterocycles. The quantitative estimate of drug-likeness (QED) is 0.755. The first kappa shape index (κ1) is 12.8. The van der Waals surface area contributed by atoms with Crippen LogP contribution in [0.25, 0.3) is 0 Å². The Morgan fingerprint density at radius 2 is 2.35 bits per heavy atom. The molecule has 2 N–H and O–H groups in total. The van der Waals surface area contributed by atoms with Gasteiger partial charge >= 0.3 is 0 Å². The van der Waals surface area contributed by atoms with Crippen LogP contribution in [0, 0.1) is 5.92 Å². The Morgan fingerprint density at radius 3 is 2.82 bits per heavy atom. The highest BCUT2D eigenvalue weighted by atomic mass is 16.5. The molecule has 1 saturated heterocycles. The van der Waals surface area contributed by atoms with Crippen molar-refractivity contribution in [3.05, 3.63) is 0 Å². The molecule has 0 spiro atoms. The second-order valence-corrected chi connectivity index (χ2v) is 5.53. The zero-order valence-electron chi connectivity index (χ0n) is 10.9. The summed E-state index contributed by atoms with van der Waals surface area (Å²) in [6, 6.07) is 0.270. The van der Waals surface area contributed by atoms with Crippen LogP contribution in [0.15, 0.2) is 0 Å².